The smallest absolute Gasteiger partial charge is 0.243 e. The summed E-state index contributed by atoms with van der Waals surface area (Å²) >= 11 is 0. The van der Waals surface area contributed by atoms with Crippen molar-refractivity contribution in [2.45, 2.75) is 37.6 Å². The Morgan fingerprint density at radius 2 is 1.61 bits per heavy atom. The number of hydrogen-bond donors (Lipinski definition) is 2. The van der Waals surface area contributed by atoms with Crippen molar-refractivity contribution in [3.8, 4) is 0 Å². The Morgan fingerprint density at radius 1 is 1.00 bits per heavy atom. The van der Waals surface area contributed by atoms with Crippen molar-refractivity contribution in [1.82, 2.24) is 9.62 Å². The van der Waals surface area contributed by atoms with E-state index in [-0.39, 0.29) is 22.6 Å². The van der Waals surface area contributed by atoms with Crippen LogP contribution in [0, 0.1) is 5.92 Å². The van der Waals surface area contributed by atoms with Gasteiger partial charge in [-0.2, -0.15) is 4.31 Å². The van der Waals surface area contributed by atoms with Gasteiger partial charge in [-0.25, -0.2) is 8.42 Å². The van der Waals surface area contributed by atoms with E-state index in [4.69, 9.17) is 0 Å². The van der Waals surface area contributed by atoms with E-state index in [0.717, 1.165) is 11.3 Å². The lowest BCUT2D eigenvalue weighted by atomic mass is 9.94. The average Bonchev–Trinajstić information content (AvgIpc) is 2.78. The van der Waals surface area contributed by atoms with Crippen molar-refractivity contribution in [2.75, 3.05) is 37.4 Å². The molecule has 2 amide bonds. The van der Waals surface area contributed by atoms with E-state index in [2.05, 4.69) is 10.6 Å². The van der Waals surface area contributed by atoms with Crippen LogP contribution in [0.1, 0.15) is 31.7 Å². The number of benzene rings is 2. The fraction of sp³-hybridized carbons (Fsp3) is 0.417. The van der Waals surface area contributed by atoms with Crippen LogP contribution in [0.2, 0.25) is 0 Å². The number of rotatable bonds is 8. The number of carbonyl (C=O) groups excluding carboxylic acids is 2. The number of nitrogens with one attached hydrogen (secondary N) is 2. The summed E-state index contributed by atoms with van der Waals surface area (Å²) in [5, 5.41) is 5.59. The van der Waals surface area contributed by atoms with Gasteiger partial charge in [-0.1, -0.05) is 12.1 Å². The van der Waals surface area contributed by atoms with E-state index < -0.39 is 10.0 Å². The minimum Gasteiger partial charge on any atom is -0.378 e. The molecule has 9 heteroatoms. The van der Waals surface area contributed by atoms with E-state index in [1.54, 1.807) is 12.1 Å². The molecule has 0 aromatic heterocycles. The topological polar surface area (TPSA) is 98.8 Å². The van der Waals surface area contributed by atoms with Crippen LogP contribution < -0.4 is 15.5 Å². The van der Waals surface area contributed by atoms with Gasteiger partial charge in [0.15, 0.2) is 0 Å². The molecule has 1 aliphatic heterocycles. The second-order valence-corrected chi connectivity index (χ2v) is 10.5. The molecule has 1 heterocycles. The molecule has 0 radical (unpaired) electrons. The molecule has 3 rings (SSSR count). The number of hydrogen-bond acceptors (Lipinski definition) is 5. The highest BCUT2D eigenvalue weighted by atomic mass is 32.2. The minimum atomic E-state index is -3.60. The lowest BCUT2D eigenvalue weighted by Crippen LogP contribution is -2.39. The second kappa shape index (κ2) is 10.8. The summed E-state index contributed by atoms with van der Waals surface area (Å²) in [5.41, 5.74) is 2.70. The van der Waals surface area contributed by atoms with E-state index in [1.807, 2.05) is 43.3 Å². The number of anilines is 2. The normalized spacial score (nSPS) is 15.1. The van der Waals surface area contributed by atoms with Gasteiger partial charge in [0.25, 0.3) is 0 Å². The number of amides is 2. The molecule has 178 valence electrons. The molecular formula is C24H32N4O4S. The van der Waals surface area contributed by atoms with E-state index >= 15 is 0 Å². The van der Waals surface area contributed by atoms with Crippen LogP contribution in [-0.4, -0.2) is 51.7 Å². The zero-order chi connectivity index (χ0) is 24.0. The van der Waals surface area contributed by atoms with Crippen LogP contribution in [-0.2, 0) is 26.2 Å². The number of carbonyl (C=O) groups is 2. The molecule has 2 aromatic rings. The van der Waals surface area contributed by atoms with Crippen LogP contribution in [0.25, 0.3) is 0 Å². The Kier molecular flexibility index (Phi) is 8.10. The van der Waals surface area contributed by atoms with Crippen molar-refractivity contribution in [3.63, 3.8) is 0 Å². The number of nitrogens with zero attached hydrogens (tertiary/aromatic N) is 2. The fourth-order valence-electron chi connectivity index (χ4n) is 3.86. The molecule has 2 N–H and O–H groups in total. The summed E-state index contributed by atoms with van der Waals surface area (Å²) < 4.78 is 27.3. The zero-order valence-electron chi connectivity index (χ0n) is 19.4. The van der Waals surface area contributed by atoms with Crippen molar-refractivity contribution in [3.05, 3.63) is 54.1 Å². The standard InChI is InChI=1S/C24H32N4O4S/c1-18(29)26-21-6-10-23(11-7-21)33(31,32)28-14-12-19(13-15-28)16-24(30)25-17-20-4-8-22(9-5-20)27(2)3/h4-11,19H,12-17H2,1-3H3,(H,25,30)(H,26,29). The Balaban J connectivity index is 1.46. The van der Waals surface area contributed by atoms with E-state index in [1.165, 1.54) is 23.4 Å². The van der Waals surface area contributed by atoms with Crippen LogP contribution in [0.3, 0.4) is 0 Å². The molecule has 0 saturated carbocycles. The third-order valence-electron chi connectivity index (χ3n) is 5.80. The van der Waals surface area contributed by atoms with E-state index in [0.29, 0.717) is 44.6 Å². The molecule has 1 fully saturated rings. The second-order valence-electron chi connectivity index (χ2n) is 8.59. The molecule has 0 unspecified atom stereocenters. The van der Waals surface area contributed by atoms with Gasteiger partial charge in [0, 0.05) is 58.4 Å². The van der Waals surface area contributed by atoms with Crippen LogP contribution in [0.15, 0.2) is 53.4 Å². The van der Waals surface area contributed by atoms with Gasteiger partial charge in [-0.05, 0) is 60.7 Å². The van der Waals surface area contributed by atoms with Gasteiger partial charge in [0.05, 0.1) is 4.90 Å². The summed E-state index contributed by atoms with van der Waals surface area (Å²) in [5.74, 6) is -0.0600. The van der Waals surface area contributed by atoms with Gasteiger partial charge in [0.1, 0.15) is 0 Å². The van der Waals surface area contributed by atoms with Gasteiger partial charge in [0.2, 0.25) is 21.8 Å². The zero-order valence-corrected chi connectivity index (χ0v) is 20.2. The quantitative estimate of drug-likeness (QED) is 0.616. The molecule has 0 spiro atoms. The Bertz CT molecular complexity index is 1060. The molecule has 0 atom stereocenters. The van der Waals surface area contributed by atoms with Gasteiger partial charge in [-0.15, -0.1) is 0 Å². The molecule has 33 heavy (non-hydrogen) atoms. The highest BCUT2D eigenvalue weighted by Gasteiger charge is 2.30. The van der Waals surface area contributed by atoms with Gasteiger partial charge in [-0.3, -0.25) is 9.59 Å². The maximum Gasteiger partial charge on any atom is 0.243 e. The summed E-state index contributed by atoms with van der Waals surface area (Å²) in [6, 6.07) is 14.2. The summed E-state index contributed by atoms with van der Waals surface area (Å²) in [6.07, 6.45) is 1.69. The lowest BCUT2D eigenvalue weighted by molar-refractivity contribution is -0.122. The Morgan fingerprint density at radius 3 is 2.15 bits per heavy atom. The molecular weight excluding hydrogens is 440 g/mol. The average molecular weight is 473 g/mol. The molecule has 1 aliphatic rings. The van der Waals surface area contributed by atoms with Crippen molar-refractivity contribution >= 4 is 33.2 Å². The SMILES string of the molecule is CC(=O)Nc1ccc(S(=O)(=O)N2CCC(CC(=O)NCc3ccc(N(C)C)cc3)CC2)cc1. The third kappa shape index (κ3) is 6.79. The summed E-state index contributed by atoms with van der Waals surface area (Å²) in [4.78, 5) is 25.7. The fourth-order valence-corrected chi connectivity index (χ4v) is 5.33. The molecule has 0 bridgehead atoms. The van der Waals surface area contributed by atoms with Crippen LogP contribution >= 0.6 is 0 Å². The first-order valence-corrected chi connectivity index (χ1v) is 12.5. The molecule has 1 saturated heterocycles. The molecule has 2 aromatic carbocycles. The van der Waals surface area contributed by atoms with Gasteiger partial charge < -0.3 is 15.5 Å². The molecule has 0 aliphatic carbocycles. The highest BCUT2D eigenvalue weighted by Crippen LogP contribution is 2.26. The monoisotopic (exact) mass is 472 g/mol. The largest absolute Gasteiger partial charge is 0.378 e. The third-order valence-corrected chi connectivity index (χ3v) is 7.72. The van der Waals surface area contributed by atoms with Crippen LogP contribution in [0.4, 0.5) is 11.4 Å². The van der Waals surface area contributed by atoms with Gasteiger partial charge >= 0.3 is 0 Å². The Labute approximate surface area is 196 Å². The maximum atomic E-state index is 12.9. The van der Waals surface area contributed by atoms with Crippen molar-refractivity contribution < 1.29 is 18.0 Å². The maximum absolute atomic E-state index is 12.9. The first-order valence-electron chi connectivity index (χ1n) is 11.1. The van der Waals surface area contributed by atoms with Crippen molar-refractivity contribution in [1.29, 1.82) is 0 Å². The Hall–Kier alpha value is -2.91. The lowest BCUT2D eigenvalue weighted by Gasteiger charge is -2.31. The van der Waals surface area contributed by atoms with Crippen molar-refractivity contribution in [2.24, 2.45) is 5.92 Å². The summed E-state index contributed by atoms with van der Waals surface area (Å²) in [6.45, 7) is 2.66. The highest BCUT2D eigenvalue weighted by molar-refractivity contribution is 7.89. The van der Waals surface area contributed by atoms with Crippen LogP contribution in [0.5, 0.6) is 0 Å². The van der Waals surface area contributed by atoms with E-state index in [9.17, 15) is 18.0 Å². The number of sulfonamides is 1. The number of piperidine rings is 1. The predicted molar refractivity (Wildman–Crippen MR) is 129 cm³/mol. The summed E-state index contributed by atoms with van der Waals surface area (Å²) in [7, 11) is 0.368. The predicted octanol–water partition coefficient (Wildman–Crippen LogP) is 2.82. The first-order chi connectivity index (χ1) is 15.6. The minimum absolute atomic E-state index is 0.0125. The molecule has 8 nitrogen and oxygen atoms in total. The first kappa shape index (κ1) is 24.7.